The molecule has 2 N–H and O–H groups in total. The second-order valence-corrected chi connectivity index (χ2v) is 10.7. The Labute approximate surface area is 174 Å². The van der Waals surface area contributed by atoms with Gasteiger partial charge in [-0.15, -0.1) is 0 Å². The normalized spacial score (nSPS) is 21.5. The van der Waals surface area contributed by atoms with Gasteiger partial charge in [-0.25, -0.2) is 18.1 Å². The molecule has 2 aromatic rings. The van der Waals surface area contributed by atoms with Gasteiger partial charge in [-0.2, -0.15) is 10.1 Å². The Bertz CT molecular complexity index is 1110. The summed E-state index contributed by atoms with van der Waals surface area (Å²) in [5.41, 5.74) is 5.75. The number of amides is 1. The third-order valence-corrected chi connectivity index (χ3v) is 7.65. The smallest absolute Gasteiger partial charge is 0.253 e. The lowest BCUT2D eigenvalue weighted by atomic mass is 10.0. The fourth-order valence-electron chi connectivity index (χ4n) is 3.57. The SMILES string of the molecule is CC1COCC2COc3c(nc(-n4cc(C(N)=O)cn4)nc3C(C)(C)S(C)(=O)=O)N12. The zero-order valence-electron chi connectivity index (χ0n) is 17.2. The number of anilines is 1. The van der Waals surface area contributed by atoms with Crippen molar-refractivity contribution in [2.45, 2.75) is 37.6 Å². The van der Waals surface area contributed by atoms with Crippen molar-refractivity contribution in [2.75, 3.05) is 31.0 Å². The molecule has 0 bridgehead atoms. The van der Waals surface area contributed by atoms with Crippen molar-refractivity contribution < 1.29 is 22.7 Å². The zero-order chi connectivity index (χ0) is 21.8. The van der Waals surface area contributed by atoms with E-state index in [-0.39, 0.29) is 29.3 Å². The first-order valence-electron chi connectivity index (χ1n) is 9.46. The van der Waals surface area contributed by atoms with E-state index in [2.05, 4.69) is 20.0 Å². The minimum atomic E-state index is -3.56. The molecule has 2 aromatic heterocycles. The number of hydrogen-bond acceptors (Lipinski definition) is 9. The summed E-state index contributed by atoms with van der Waals surface area (Å²) in [5.74, 6) is 0.299. The van der Waals surface area contributed by atoms with Gasteiger partial charge < -0.3 is 20.1 Å². The van der Waals surface area contributed by atoms with Crippen LogP contribution >= 0.6 is 0 Å². The molecule has 162 valence electrons. The summed E-state index contributed by atoms with van der Waals surface area (Å²) in [7, 11) is -3.56. The number of carbonyl (C=O) groups excluding carboxylic acids is 1. The highest BCUT2D eigenvalue weighted by molar-refractivity contribution is 7.91. The molecule has 2 atom stereocenters. The quantitative estimate of drug-likeness (QED) is 0.702. The lowest BCUT2D eigenvalue weighted by molar-refractivity contribution is 0.0482. The number of aromatic nitrogens is 4. The number of primary amides is 1. The topological polar surface area (TPSA) is 143 Å². The zero-order valence-corrected chi connectivity index (χ0v) is 18.0. The number of rotatable bonds is 4. The second-order valence-electron chi connectivity index (χ2n) is 8.10. The lowest BCUT2D eigenvalue weighted by Crippen LogP contribution is -2.56. The van der Waals surface area contributed by atoms with Gasteiger partial charge in [-0.3, -0.25) is 4.79 Å². The number of sulfone groups is 1. The Morgan fingerprint density at radius 3 is 2.63 bits per heavy atom. The molecule has 30 heavy (non-hydrogen) atoms. The molecule has 0 aromatic carbocycles. The number of carbonyl (C=O) groups is 1. The van der Waals surface area contributed by atoms with Crippen LogP contribution in [0.5, 0.6) is 5.75 Å². The van der Waals surface area contributed by atoms with Crippen LogP contribution in [0.25, 0.3) is 5.95 Å². The van der Waals surface area contributed by atoms with E-state index in [0.717, 1.165) is 6.26 Å². The average Bonchev–Trinajstić information content (AvgIpc) is 3.16. The summed E-state index contributed by atoms with van der Waals surface area (Å²) < 4.78 is 36.7. The molecule has 4 heterocycles. The maximum Gasteiger partial charge on any atom is 0.253 e. The molecular weight excluding hydrogens is 412 g/mol. The Balaban J connectivity index is 1.96. The van der Waals surface area contributed by atoms with E-state index >= 15 is 0 Å². The Hall–Kier alpha value is -2.73. The van der Waals surface area contributed by atoms with Gasteiger partial charge in [0.25, 0.3) is 11.9 Å². The maximum absolute atomic E-state index is 12.6. The molecule has 12 heteroatoms. The van der Waals surface area contributed by atoms with Crippen molar-refractivity contribution in [3.8, 4) is 11.7 Å². The molecular formula is C18H24N6O5S. The molecule has 11 nitrogen and oxygen atoms in total. The van der Waals surface area contributed by atoms with Gasteiger partial charge in [0.05, 0.1) is 37.1 Å². The predicted molar refractivity (Wildman–Crippen MR) is 108 cm³/mol. The van der Waals surface area contributed by atoms with Gasteiger partial charge in [0.1, 0.15) is 17.0 Å². The van der Waals surface area contributed by atoms with Crippen molar-refractivity contribution in [2.24, 2.45) is 5.73 Å². The van der Waals surface area contributed by atoms with Gasteiger partial charge in [0, 0.05) is 12.5 Å². The summed E-state index contributed by atoms with van der Waals surface area (Å²) >= 11 is 0. The van der Waals surface area contributed by atoms with Gasteiger partial charge in [0.15, 0.2) is 21.4 Å². The van der Waals surface area contributed by atoms with Crippen LogP contribution in [0.4, 0.5) is 5.82 Å². The van der Waals surface area contributed by atoms with E-state index in [1.807, 2.05) is 6.92 Å². The van der Waals surface area contributed by atoms with Crippen LogP contribution in [-0.2, 0) is 19.3 Å². The Morgan fingerprint density at radius 2 is 2.00 bits per heavy atom. The first-order chi connectivity index (χ1) is 14.0. The molecule has 2 aliphatic heterocycles. The van der Waals surface area contributed by atoms with Crippen molar-refractivity contribution in [3.05, 3.63) is 23.7 Å². The molecule has 1 amide bonds. The third-order valence-electron chi connectivity index (χ3n) is 5.61. The first kappa shape index (κ1) is 20.5. The number of morpholine rings is 1. The van der Waals surface area contributed by atoms with Gasteiger partial charge in [-0.1, -0.05) is 0 Å². The molecule has 0 saturated carbocycles. The molecule has 2 aliphatic rings. The van der Waals surface area contributed by atoms with Crippen LogP contribution in [0.2, 0.25) is 0 Å². The highest BCUT2D eigenvalue weighted by Gasteiger charge is 2.44. The summed E-state index contributed by atoms with van der Waals surface area (Å²) in [6.45, 7) is 6.47. The maximum atomic E-state index is 12.6. The highest BCUT2D eigenvalue weighted by atomic mass is 32.2. The van der Waals surface area contributed by atoms with Crippen LogP contribution in [0.1, 0.15) is 36.8 Å². The number of nitrogens with two attached hydrogens (primary N) is 1. The number of nitrogens with zero attached hydrogens (tertiary/aromatic N) is 5. The molecule has 1 fully saturated rings. The van der Waals surface area contributed by atoms with E-state index in [1.54, 1.807) is 13.8 Å². The molecule has 2 unspecified atom stereocenters. The van der Waals surface area contributed by atoms with E-state index in [1.165, 1.54) is 17.1 Å². The van der Waals surface area contributed by atoms with E-state index in [9.17, 15) is 13.2 Å². The number of hydrogen-bond donors (Lipinski definition) is 1. The molecule has 0 aliphatic carbocycles. The number of fused-ring (bicyclic) bond motifs is 3. The van der Waals surface area contributed by atoms with Crippen molar-refractivity contribution >= 4 is 21.6 Å². The summed E-state index contributed by atoms with van der Waals surface area (Å²) in [5, 5.41) is 4.12. The van der Waals surface area contributed by atoms with Crippen molar-refractivity contribution in [3.63, 3.8) is 0 Å². The van der Waals surface area contributed by atoms with E-state index in [4.69, 9.17) is 15.2 Å². The fraction of sp³-hybridized carbons (Fsp3) is 0.556. The minimum absolute atomic E-state index is 0.00199. The van der Waals surface area contributed by atoms with Gasteiger partial charge in [0.2, 0.25) is 0 Å². The van der Waals surface area contributed by atoms with Gasteiger partial charge >= 0.3 is 0 Å². The summed E-state index contributed by atoms with van der Waals surface area (Å²) in [6, 6.07) is -0.0563. The van der Waals surface area contributed by atoms with Crippen LogP contribution in [0.3, 0.4) is 0 Å². The second kappa shape index (κ2) is 6.91. The van der Waals surface area contributed by atoms with E-state index < -0.39 is 20.5 Å². The Morgan fingerprint density at radius 1 is 1.27 bits per heavy atom. The first-order valence-corrected chi connectivity index (χ1v) is 11.4. The largest absolute Gasteiger partial charge is 0.486 e. The third kappa shape index (κ3) is 3.19. The average molecular weight is 436 g/mol. The monoisotopic (exact) mass is 436 g/mol. The Kier molecular flexibility index (Phi) is 4.73. The predicted octanol–water partition coefficient (Wildman–Crippen LogP) is 0.0270. The van der Waals surface area contributed by atoms with Crippen molar-refractivity contribution in [1.29, 1.82) is 0 Å². The lowest BCUT2D eigenvalue weighted by Gasteiger charge is -2.45. The van der Waals surface area contributed by atoms with Crippen LogP contribution in [-0.4, -0.2) is 72.2 Å². The molecule has 0 spiro atoms. The highest BCUT2D eigenvalue weighted by Crippen LogP contribution is 2.43. The summed E-state index contributed by atoms with van der Waals surface area (Å²) in [4.78, 5) is 22.7. The van der Waals surface area contributed by atoms with E-state index in [0.29, 0.717) is 31.4 Å². The van der Waals surface area contributed by atoms with Gasteiger partial charge in [-0.05, 0) is 20.8 Å². The number of ether oxygens (including phenoxy) is 2. The van der Waals surface area contributed by atoms with Crippen molar-refractivity contribution in [1.82, 2.24) is 19.7 Å². The standard InChI is InChI=1S/C18H24N6O5S/c1-10-7-28-8-12-9-29-13-14(18(2,3)30(4,26)27)21-17(22-16(13)24(10)12)23-6-11(5-20-23)15(19)25/h5-6,10,12H,7-9H2,1-4H3,(H2,19,25). The van der Waals surface area contributed by atoms with Crippen LogP contribution in [0.15, 0.2) is 12.4 Å². The molecule has 0 radical (unpaired) electrons. The summed E-state index contributed by atoms with van der Waals surface area (Å²) in [6.07, 6.45) is 3.87. The van der Waals surface area contributed by atoms with Crippen LogP contribution < -0.4 is 15.4 Å². The molecule has 1 saturated heterocycles. The minimum Gasteiger partial charge on any atom is -0.486 e. The molecule has 4 rings (SSSR count). The van der Waals surface area contributed by atoms with Crippen LogP contribution in [0, 0.1) is 0 Å². The fourth-order valence-corrected chi connectivity index (χ4v) is 4.05.